The van der Waals surface area contributed by atoms with Crippen LogP contribution in [0.5, 0.6) is 0 Å². The molecule has 2 atom stereocenters. The van der Waals surface area contributed by atoms with E-state index in [1.807, 2.05) is 0 Å². The van der Waals surface area contributed by atoms with Crippen LogP contribution in [-0.2, 0) is 6.42 Å². The maximum Gasteiger partial charge on any atom is 0.0428 e. The summed E-state index contributed by atoms with van der Waals surface area (Å²) in [6.07, 6.45) is 2.34. The van der Waals surface area contributed by atoms with Crippen molar-refractivity contribution >= 4 is 15.9 Å². The second-order valence-electron chi connectivity index (χ2n) is 6.60. The van der Waals surface area contributed by atoms with Gasteiger partial charge in [-0.3, -0.25) is 0 Å². The number of benzene rings is 2. The zero-order valence-corrected chi connectivity index (χ0v) is 13.7. The summed E-state index contributed by atoms with van der Waals surface area (Å²) in [5.41, 5.74) is 4.68. The molecule has 0 aliphatic heterocycles. The molecule has 3 rings (SSSR count). The van der Waals surface area contributed by atoms with Gasteiger partial charge in [-0.05, 0) is 40.9 Å². The summed E-state index contributed by atoms with van der Waals surface area (Å²) in [4.78, 5) is 0.503. The van der Waals surface area contributed by atoms with Crippen LogP contribution in [0.1, 0.15) is 41.8 Å². The van der Waals surface area contributed by atoms with Gasteiger partial charge < -0.3 is 0 Å². The molecular formula is C19H21Br. The Morgan fingerprint density at radius 2 is 1.55 bits per heavy atom. The van der Waals surface area contributed by atoms with Crippen LogP contribution in [0.3, 0.4) is 0 Å². The summed E-state index contributed by atoms with van der Waals surface area (Å²) in [7, 11) is 0. The summed E-state index contributed by atoms with van der Waals surface area (Å²) in [5, 5.41) is 0. The topological polar surface area (TPSA) is 0 Å². The van der Waals surface area contributed by atoms with Crippen LogP contribution in [0.2, 0.25) is 0 Å². The molecule has 0 spiro atoms. The molecule has 0 heterocycles. The van der Waals surface area contributed by atoms with E-state index in [9.17, 15) is 0 Å². The Kier molecular flexibility index (Phi) is 3.72. The van der Waals surface area contributed by atoms with Crippen molar-refractivity contribution < 1.29 is 0 Å². The average Bonchev–Trinajstić information content (AvgIpc) is 3.09. The first-order chi connectivity index (χ1) is 9.56. The smallest absolute Gasteiger partial charge is 0.0428 e. The molecule has 0 radical (unpaired) electrons. The normalized spacial score (nSPS) is 21.4. The molecule has 20 heavy (non-hydrogen) atoms. The Balaban J connectivity index is 1.69. The lowest BCUT2D eigenvalue weighted by Crippen LogP contribution is -1.99. The van der Waals surface area contributed by atoms with E-state index in [0.29, 0.717) is 10.2 Å². The zero-order chi connectivity index (χ0) is 14.2. The lowest BCUT2D eigenvalue weighted by Gasteiger charge is -2.13. The fourth-order valence-corrected chi connectivity index (χ4v) is 4.10. The highest BCUT2D eigenvalue weighted by Gasteiger charge is 2.49. The molecule has 0 N–H and O–H groups in total. The summed E-state index contributed by atoms with van der Waals surface area (Å²) in [5.74, 6) is 0.780. The standard InChI is InChI=1S/C19H21Br/c1-19(2)13-17(19)18(20)16-10-8-15(9-11-16)12-14-6-4-3-5-7-14/h3-11,17-18H,12-13H2,1-2H3. The molecular weight excluding hydrogens is 308 g/mol. The van der Waals surface area contributed by atoms with Gasteiger partial charge in [-0.2, -0.15) is 0 Å². The van der Waals surface area contributed by atoms with Gasteiger partial charge in [0.2, 0.25) is 0 Å². The molecule has 2 aromatic carbocycles. The van der Waals surface area contributed by atoms with Crippen molar-refractivity contribution in [2.24, 2.45) is 11.3 Å². The van der Waals surface area contributed by atoms with E-state index in [1.165, 1.54) is 23.1 Å². The van der Waals surface area contributed by atoms with Crippen molar-refractivity contribution in [3.05, 3.63) is 71.3 Å². The third kappa shape index (κ3) is 2.98. The molecule has 1 aliphatic carbocycles. The minimum Gasteiger partial charge on any atom is -0.0836 e. The summed E-state index contributed by atoms with van der Waals surface area (Å²) < 4.78 is 0. The number of alkyl halides is 1. The Morgan fingerprint density at radius 1 is 1.00 bits per heavy atom. The second kappa shape index (κ2) is 5.37. The van der Waals surface area contributed by atoms with Crippen LogP contribution in [0.4, 0.5) is 0 Å². The van der Waals surface area contributed by atoms with Crippen molar-refractivity contribution in [2.75, 3.05) is 0 Å². The third-order valence-corrected chi connectivity index (χ3v) is 5.66. The monoisotopic (exact) mass is 328 g/mol. The third-order valence-electron chi connectivity index (χ3n) is 4.49. The molecule has 1 fully saturated rings. The summed E-state index contributed by atoms with van der Waals surface area (Å²) >= 11 is 3.88. The quantitative estimate of drug-likeness (QED) is 0.626. The number of hydrogen-bond donors (Lipinski definition) is 0. The highest BCUT2D eigenvalue weighted by atomic mass is 79.9. The van der Waals surface area contributed by atoms with Crippen LogP contribution < -0.4 is 0 Å². The van der Waals surface area contributed by atoms with Crippen molar-refractivity contribution in [3.8, 4) is 0 Å². The molecule has 104 valence electrons. The lowest BCUT2D eigenvalue weighted by atomic mass is 9.99. The van der Waals surface area contributed by atoms with Gasteiger partial charge in [-0.1, -0.05) is 84.4 Å². The molecule has 1 saturated carbocycles. The van der Waals surface area contributed by atoms with Crippen molar-refractivity contribution in [2.45, 2.75) is 31.5 Å². The Bertz CT molecular complexity index is 568. The summed E-state index contributed by atoms with van der Waals surface area (Å²) in [6.45, 7) is 4.71. The van der Waals surface area contributed by atoms with Gasteiger partial charge in [0, 0.05) is 4.83 Å². The van der Waals surface area contributed by atoms with Crippen LogP contribution in [0, 0.1) is 11.3 Å². The molecule has 1 aliphatic rings. The maximum absolute atomic E-state index is 3.88. The largest absolute Gasteiger partial charge is 0.0836 e. The van der Waals surface area contributed by atoms with Crippen LogP contribution in [0.25, 0.3) is 0 Å². The van der Waals surface area contributed by atoms with Crippen LogP contribution in [0.15, 0.2) is 54.6 Å². The maximum atomic E-state index is 3.88. The van der Waals surface area contributed by atoms with Crippen LogP contribution >= 0.6 is 15.9 Å². The van der Waals surface area contributed by atoms with Gasteiger partial charge in [-0.25, -0.2) is 0 Å². The van der Waals surface area contributed by atoms with Gasteiger partial charge >= 0.3 is 0 Å². The number of rotatable bonds is 4. The van der Waals surface area contributed by atoms with Gasteiger partial charge in [0.1, 0.15) is 0 Å². The van der Waals surface area contributed by atoms with Crippen molar-refractivity contribution in [1.29, 1.82) is 0 Å². The minimum absolute atomic E-state index is 0.503. The molecule has 2 aromatic rings. The van der Waals surface area contributed by atoms with E-state index in [1.54, 1.807) is 0 Å². The first kappa shape index (κ1) is 13.9. The molecule has 1 heteroatoms. The molecule has 2 unspecified atom stereocenters. The molecule has 0 saturated heterocycles. The fraction of sp³-hybridized carbons (Fsp3) is 0.368. The van der Waals surface area contributed by atoms with E-state index in [-0.39, 0.29) is 0 Å². The van der Waals surface area contributed by atoms with Gasteiger partial charge in [0.25, 0.3) is 0 Å². The Morgan fingerprint density at radius 3 is 2.10 bits per heavy atom. The Labute approximate surface area is 130 Å². The van der Waals surface area contributed by atoms with Crippen LogP contribution in [-0.4, -0.2) is 0 Å². The molecule has 0 aromatic heterocycles. The SMILES string of the molecule is CC1(C)CC1C(Br)c1ccc(Cc2ccccc2)cc1. The highest BCUT2D eigenvalue weighted by molar-refractivity contribution is 9.09. The first-order valence-electron chi connectivity index (χ1n) is 7.33. The van der Waals surface area contributed by atoms with E-state index in [2.05, 4.69) is 84.4 Å². The van der Waals surface area contributed by atoms with E-state index < -0.39 is 0 Å². The van der Waals surface area contributed by atoms with Gasteiger partial charge in [0.15, 0.2) is 0 Å². The second-order valence-corrected chi connectivity index (χ2v) is 7.59. The van der Waals surface area contributed by atoms with E-state index in [4.69, 9.17) is 0 Å². The molecule has 0 amide bonds. The van der Waals surface area contributed by atoms with E-state index in [0.717, 1.165) is 12.3 Å². The predicted molar refractivity (Wildman–Crippen MR) is 89.2 cm³/mol. The predicted octanol–water partition coefficient (Wildman–Crippen LogP) is 5.76. The minimum atomic E-state index is 0.503. The highest BCUT2D eigenvalue weighted by Crippen LogP contribution is 2.60. The van der Waals surface area contributed by atoms with Gasteiger partial charge in [0.05, 0.1) is 0 Å². The molecule has 0 bridgehead atoms. The summed E-state index contributed by atoms with van der Waals surface area (Å²) in [6, 6.07) is 19.8. The van der Waals surface area contributed by atoms with E-state index >= 15 is 0 Å². The number of halogens is 1. The van der Waals surface area contributed by atoms with Crippen molar-refractivity contribution in [3.63, 3.8) is 0 Å². The Hall–Kier alpha value is -1.08. The zero-order valence-electron chi connectivity index (χ0n) is 12.1. The fourth-order valence-electron chi connectivity index (χ4n) is 2.89. The lowest BCUT2D eigenvalue weighted by molar-refractivity contribution is 0.555. The van der Waals surface area contributed by atoms with Gasteiger partial charge in [-0.15, -0.1) is 0 Å². The average molecular weight is 329 g/mol. The molecule has 0 nitrogen and oxygen atoms in total. The first-order valence-corrected chi connectivity index (χ1v) is 8.25. The van der Waals surface area contributed by atoms with Crippen molar-refractivity contribution in [1.82, 2.24) is 0 Å². The number of hydrogen-bond acceptors (Lipinski definition) is 0.